The maximum absolute atomic E-state index is 12.9. The van der Waals surface area contributed by atoms with Crippen LogP contribution >= 0.6 is 0 Å². The van der Waals surface area contributed by atoms with Crippen molar-refractivity contribution in [1.82, 2.24) is 10.3 Å². The summed E-state index contributed by atoms with van der Waals surface area (Å²) in [6, 6.07) is 10.4. The standard InChI is InChI=1S/C25H24N2O5/c1-13-16-8-6-14(28)10-22(16)32-25(30)18(13)12-23(29)26-21-5-3-4-17-19-11-15(31-2)7-9-20(19)27-24(17)21/h6-11,21,27-28H,3-5,12H2,1-2H3,(H,26,29)/t21-/m1/s1. The van der Waals surface area contributed by atoms with Gasteiger partial charge in [0, 0.05) is 28.0 Å². The number of aromatic amines is 1. The Morgan fingerprint density at radius 1 is 1.25 bits per heavy atom. The predicted octanol–water partition coefficient (Wildman–Crippen LogP) is 4.03. The average Bonchev–Trinajstić information content (AvgIpc) is 3.15. The van der Waals surface area contributed by atoms with Gasteiger partial charge < -0.3 is 24.6 Å². The molecule has 0 fully saturated rings. The van der Waals surface area contributed by atoms with Crippen LogP contribution < -0.4 is 15.7 Å². The highest BCUT2D eigenvalue weighted by molar-refractivity contribution is 5.88. The van der Waals surface area contributed by atoms with Gasteiger partial charge in [0.15, 0.2) is 0 Å². The van der Waals surface area contributed by atoms with Crippen molar-refractivity contribution in [3.05, 3.63) is 69.2 Å². The first-order valence-electron chi connectivity index (χ1n) is 10.7. The Bertz CT molecular complexity index is 1420. The molecule has 0 unspecified atom stereocenters. The van der Waals surface area contributed by atoms with Crippen LogP contribution in [0.4, 0.5) is 0 Å². The first kappa shape index (κ1) is 20.2. The number of phenolic OH excluding ortho intramolecular Hbond substituents is 1. The largest absolute Gasteiger partial charge is 0.508 e. The van der Waals surface area contributed by atoms with Gasteiger partial charge in [-0.1, -0.05) is 0 Å². The van der Waals surface area contributed by atoms with E-state index in [0.717, 1.165) is 41.6 Å². The number of aryl methyl sites for hydroxylation is 2. The van der Waals surface area contributed by atoms with Crippen molar-refractivity contribution in [2.24, 2.45) is 0 Å². The number of amides is 1. The molecule has 0 aliphatic heterocycles. The number of hydrogen-bond donors (Lipinski definition) is 3. The highest BCUT2D eigenvalue weighted by atomic mass is 16.5. The Morgan fingerprint density at radius 2 is 2.09 bits per heavy atom. The van der Waals surface area contributed by atoms with E-state index in [0.29, 0.717) is 22.1 Å². The molecular weight excluding hydrogens is 408 g/mol. The van der Waals surface area contributed by atoms with E-state index in [1.165, 1.54) is 17.7 Å². The van der Waals surface area contributed by atoms with Crippen LogP contribution in [0.2, 0.25) is 0 Å². The number of methoxy groups -OCH3 is 1. The van der Waals surface area contributed by atoms with Crippen LogP contribution in [0, 0.1) is 6.92 Å². The molecule has 1 amide bonds. The molecule has 0 radical (unpaired) electrons. The fourth-order valence-electron chi connectivity index (χ4n) is 4.71. The fraction of sp³-hybridized carbons (Fsp3) is 0.280. The van der Waals surface area contributed by atoms with Crippen molar-refractivity contribution in [2.75, 3.05) is 7.11 Å². The van der Waals surface area contributed by atoms with Gasteiger partial charge in [0.25, 0.3) is 0 Å². The minimum Gasteiger partial charge on any atom is -0.508 e. The van der Waals surface area contributed by atoms with Crippen LogP contribution in [0.3, 0.4) is 0 Å². The molecule has 0 bridgehead atoms. The van der Waals surface area contributed by atoms with Crippen LogP contribution in [-0.2, 0) is 17.6 Å². The summed E-state index contributed by atoms with van der Waals surface area (Å²) in [6.07, 6.45) is 2.66. The minimum absolute atomic E-state index is 0.0228. The molecule has 3 N–H and O–H groups in total. The van der Waals surface area contributed by atoms with E-state index in [-0.39, 0.29) is 24.1 Å². The van der Waals surface area contributed by atoms with Crippen molar-refractivity contribution < 1.29 is 19.1 Å². The van der Waals surface area contributed by atoms with Crippen LogP contribution in [-0.4, -0.2) is 23.1 Å². The summed E-state index contributed by atoms with van der Waals surface area (Å²) < 4.78 is 10.7. The molecule has 32 heavy (non-hydrogen) atoms. The molecule has 2 aromatic heterocycles. The van der Waals surface area contributed by atoms with E-state index in [9.17, 15) is 14.7 Å². The Hall–Kier alpha value is -3.74. The van der Waals surface area contributed by atoms with Gasteiger partial charge in [-0.25, -0.2) is 4.79 Å². The van der Waals surface area contributed by atoms with Gasteiger partial charge in [-0.2, -0.15) is 0 Å². The highest BCUT2D eigenvalue weighted by Gasteiger charge is 2.26. The Labute approximate surface area is 184 Å². The van der Waals surface area contributed by atoms with Crippen LogP contribution in [0.1, 0.15) is 41.3 Å². The van der Waals surface area contributed by atoms with Gasteiger partial charge in [-0.05, 0) is 67.6 Å². The summed E-state index contributed by atoms with van der Waals surface area (Å²) in [5.41, 5.74) is 4.01. The Balaban J connectivity index is 1.42. The van der Waals surface area contributed by atoms with E-state index >= 15 is 0 Å². The Morgan fingerprint density at radius 3 is 2.91 bits per heavy atom. The highest BCUT2D eigenvalue weighted by Crippen LogP contribution is 2.36. The number of nitrogens with one attached hydrogen (secondary N) is 2. The van der Waals surface area contributed by atoms with Gasteiger partial charge >= 0.3 is 5.63 Å². The molecule has 2 aromatic carbocycles. The minimum atomic E-state index is -0.558. The summed E-state index contributed by atoms with van der Waals surface area (Å²) in [5.74, 6) is 0.597. The summed E-state index contributed by atoms with van der Waals surface area (Å²) in [6.45, 7) is 1.79. The first-order valence-corrected chi connectivity index (χ1v) is 10.7. The zero-order valence-electron chi connectivity index (χ0n) is 18.0. The molecule has 4 aromatic rings. The van der Waals surface area contributed by atoms with Gasteiger partial charge in [0.1, 0.15) is 17.1 Å². The van der Waals surface area contributed by atoms with Crippen LogP contribution in [0.25, 0.3) is 21.9 Å². The number of phenols is 1. The fourth-order valence-corrected chi connectivity index (χ4v) is 4.71. The number of fused-ring (bicyclic) bond motifs is 4. The number of ether oxygens (including phenoxy) is 1. The van der Waals surface area contributed by atoms with Gasteiger partial charge in [0.05, 0.1) is 25.1 Å². The monoisotopic (exact) mass is 432 g/mol. The van der Waals surface area contributed by atoms with Crippen molar-refractivity contribution in [1.29, 1.82) is 0 Å². The van der Waals surface area contributed by atoms with E-state index < -0.39 is 5.63 Å². The van der Waals surface area contributed by atoms with Gasteiger partial charge in [-0.3, -0.25) is 4.79 Å². The summed E-state index contributed by atoms with van der Waals surface area (Å²) >= 11 is 0. The average molecular weight is 432 g/mol. The molecule has 1 aliphatic carbocycles. The number of carbonyl (C=O) groups excluding carboxylic acids is 1. The van der Waals surface area contributed by atoms with E-state index in [1.54, 1.807) is 20.1 Å². The molecule has 2 heterocycles. The van der Waals surface area contributed by atoms with Crippen molar-refractivity contribution >= 4 is 27.8 Å². The van der Waals surface area contributed by atoms with Gasteiger partial charge in [-0.15, -0.1) is 0 Å². The Kier molecular flexibility index (Phi) is 4.89. The van der Waals surface area contributed by atoms with E-state index in [1.807, 2.05) is 18.2 Å². The van der Waals surface area contributed by atoms with Gasteiger partial charge in [0.2, 0.25) is 5.91 Å². The zero-order valence-corrected chi connectivity index (χ0v) is 18.0. The number of H-pyrrole nitrogens is 1. The van der Waals surface area contributed by atoms with Crippen LogP contribution in [0.5, 0.6) is 11.5 Å². The van der Waals surface area contributed by atoms with Crippen molar-refractivity contribution in [3.8, 4) is 11.5 Å². The first-order chi connectivity index (χ1) is 15.4. The van der Waals surface area contributed by atoms with Crippen molar-refractivity contribution in [3.63, 3.8) is 0 Å². The van der Waals surface area contributed by atoms with E-state index in [2.05, 4.69) is 10.3 Å². The third kappa shape index (κ3) is 3.39. The summed E-state index contributed by atoms with van der Waals surface area (Å²) in [5, 5.41) is 14.6. The zero-order chi connectivity index (χ0) is 22.4. The number of benzene rings is 2. The third-order valence-electron chi connectivity index (χ3n) is 6.36. The molecule has 0 saturated heterocycles. The summed E-state index contributed by atoms with van der Waals surface area (Å²) in [4.78, 5) is 28.9. The molecule has 7 nitrogen and oxygen atoms in total. The molecule has 1 atom stereocenters. The molecule has 0 spiro atoms. The number of rotatable bonds is 4. The second kappa shape index (κ2) is 7.75. The summed E-state index contributed by atoms with van der Waals surface area (Å²) in [7, 11) is 1.65. The maximum Gasteiger partial charge on any atom is 0.340 e. The normalized spacial score (nSPS) is 15.6. The lowest BCUT2D eigenvalue weighted by molar-refractivity contribution is -0.121. The second-order valence-corrected chi connectivity index (χ2v) is 8.29. The molecule has 164 valence electrons. The number of aromatic hydroxyl groups is 1. The van der Waals surface area contributed by atoms with Crippen molar-refractivity contribution in [2.45, 2.75) is 38.6 Å². The molecule has 7 heteroatoms. The molecule has 1 aliphatic rings. The lowest BCUT2D eigenvalue weighted by Gasteiger charge is -2.24. The predicted molar refractivity (Wildman–Crippen MR) is 121 cm³/mol. The molecule has 5 rings (SSSR count). The smallest absolute Gasteiger partial charge is 0.340 e. The number of hydrogen-bond acceptors (Lipinski definition) is 5. The van der Waals surface area contributed by atoms with Crippen LogP contribution in [0.15, 0.2) is 45.6 Å². The number of carbonyl (C=O) groups is 1. The third-order valence-corrected chi connectivity index (χ3v) is 6.36. The SMILES string of the molecule is COc1ccc2[nH]c3c(c2c1)CCC[C@H]3NC(=O)Cc1c(C)c2ccc(O)cc2oc1=O. The quantitative estimate of drug-likeness (QED) is 0.422. The van der Waals surface area contributed by atoms with E-state index in [4.69, 9.17) is 9.15 Å². The molecule has 0 saturated carbocycles. The maximum atomic E-state index is 12.9. The second-order valence-electron chi connectivity index (χ2n) is 8.29. The topological polar surface area (TPSA) is 105 Å². The lowest BCUT2D eigenvalue weighted by Crippen LogP contribution is -2.33. The molecular formula is C25H24N2O5. The lowest BCUT2D eigenvalue weighted by atomic mass is 9.91. The number of aromatic nitrogens is 1.